The molecule has 3 aliphatic rings. The van der Waals surface area contributed by atoms with E-state index in [4.69, 9.17) is 46.4 Å². The van der Waals surface area contributed by atoms with Crippen molar-refractivity contribution in [3.05, 3.63) is 0 Å². The van der Waals surface area contributed by atoms with Crippen molar-refractivity contribution in [1.29, 1.82) is 0 Å². The fraction of sp³-hybridized carbons (Fsp3) is 1.00. The van der Waals surface area contributed by atoms with Gasteiger partial charge in [0.15, 0.2) is 0 Å². The molecule has 2 saturated carbocycles. The van der Waals surface area contributed by atoms with Crippen LogP contribution in [0.25, 0.3) is 0 Å². The van der Waals surface area contributed by atoms with Gasteiger partial charge in [-0.2, -0.15) is 0 Å². The summed E-state index contributed by atoms with van der Waals surface area (Å²) >= 11 is 29.2. The van der Waals surface area contributed by atoms with E-state index < -0.39 is 8.67 Å². The van der Waals surface area contributed by atoms with Crippen molar-refractivity contribution in [1.82, 2.24) is 0 Å². The smallest absolute Gasteiger partial charge is 0.122 e. The number of alkyl halides is 4. The van der Waals surface area contributed by atoms with Gasteiger partial charge in [0.25, 0.3) is 0 Å². The highest BCUT2D eigenvalue weighted by atomic mass is 35.5. The number of hydrogen-bond donors (Lipinski definition) is 0. The summed E-state index contributed by atoms with van der Waals surface area (Å²) in [6.45, 7) is 17.5. The summed E-state index contributed by atoms with van der Waals surface area (Å²) in [6.07, 6.45) is 0. The van der Waals surface area contributed by atoms with E-state index in [1.165, 1.54) is 0 Å². The normalized spacial score (nSPS) is 38.1. The fourth-order valence-corrected chi connectivity index (χ4v) is 16.5. The average Bonchev–Trinajstić information content (AvgIpc) is 2.82. The molecule has 23 heavy (non-hydrogen) atoms. The van der Waals surface area contributed by atoms with E-state index in [-0.39, 0.29) is 29.8 Å². The molecular formula is C16H24Cl4S3. The third kappa shape index (κ3) is 1.57. The SMILES string of the molecule is CC1(C)C(Cl)(Cl)C(C)(C)C12SSC1(S2)C(C)(C)C(Cl)(Cl)C1(C)C. The Kier molecular flexibility index (Phi) is 4.00. The second kappa shape index (κ2) is 4.61. The lowest BCUT2D eigenvalue weighted by molar-refractivity contribution is -0.0242. The van der Waals surface area contributed by atoms with Gasteiger partial charge in [-0.25, -0.2) is 0 Å². The van der Waals surface area contributed by atoms with Crippen LogP contribution in [0.15, 0.2) is 0 Å². The molecule has 2 spiro atoms. The molecule has 0 aromatic heterocycles. The molecule has 0 aromatic rings. The molecule has 0 nitrogen and oxygen atoms in total. The zero-order valence-corrected chi connectivity index (χ0v) is 20.2. The van der Waals surface area contributed by atoms with Crippen molar-refractivity contribution in [2.24, 2.45) is 21.7 Å². The van der Waals surface area contributed by atoms with Crippen LogP contribution >= 0.6 is 79.8 Å². The van der Waals surface area contributed by atoms with Gasteiger partial charge in [-0.1, -0.05) is 77.0 Å². The van der Waals surface area contributed by atoms with Crippen LogP contribution in [0.5, 0.6) is 0 Å². The maximum absolute atomic E-state index is 6.79. The molecule has 0 unspecified atom stereocenters. The minimum atomic E-state index is -0.761. The molecule has 0 radical (unpaired) electrons. The molecule has 0 amide bonds. The van der Waals surface area contributed by atoms with Gasteiger partial charge in [0.2, 0.25) is 0 Å². The Morgan fingerprint density at radius 2 is 0.696 bits per heavy atom. The number of halogens is 4. The Bertz CT molecular complexity index is 492. The van der Waals surface area contributed by atoms with Gasteiger partial charge in [0.1, 0.15) is 8.67 Å². The van der Waals surface area contributed by atoms with Gasteiger partial charge >= 0.3 is 0 Å². The molecule has 3 rings (SSSR count). The lowest BCUT2D eigenvalue weighted by Crippen LogP contribution is -2.79. The molecule has 3 fully saturated rings. The summed E-state index contributed by atoms with van der Waals surface area (Å²) in [5.74, 6) is 0. The maximum atomic E-state index is 6.79. The van der Waals surface area contributed by atoms with Gasteiger partial charge < -0.3 is 0 Å². The highest BCUT2D eigenvalue weighted by molar-refractivity contribution is 8.83. The third-order valence-corrected chi connectivity index (χ3v) is 19.4. The lowest BCUT2D eigenvalue weighted by Gasteiger charge is -2.75. The van der Waals surface area contributed by atoms with Crippen molar-refractivity contribution < 1.29 is 0 Å². The van der Waals surface area contributed by atoms with Crippen molar-refractivity contribution in [3.8, 4) is 0 Å². The maximum Gasteiger partial charge on any atom is 0.132 e. The van der Waals surface area contributed by atoms with E-state index >= 15 is 0 Å². The molecule has 1 saturated heterocycles. The first kappa shape index (κ1) is 20.0. The van der Waals surface area contributed by atoms with Gasteiger partial charge in [-0.15, -0.1) is 58.2 Å². The monoisotopic (exact) mass is 452 g/mol. The number of rotatable bonds is 0. The molecule has 0 aromatic carbocycles. The lowest BCUT2D eigenvalue weighted by atomic mass is 9.53. The van der Waals surface area contributed by atoms with Gasteiger partial charge in [0.05, 0.1) is 8.16 Å². The molecule has 0 N–H and O–H groups in total. The molecular weight excluding hydrogens is 430 g/mol. The van der Waals surface area contributed by atoms with Gasteiger partial charge in [-0.3, -0.25) is 0 Å². The van der Waals surface area contributed by atoms with Crippen LogP contribution < -0.4 is 0 Å². The standard InChI is InChI=1S/C16H24Cl4S3/c1-9(2)13(17,18)10(3,4)15(9)21-16(23-22-15)11(5,6)14(19,20)12(16,7)8/h1-8H3. The van der Waals surface area contributed by atoms with E-state index in [0.29, 0.717) is 0 Å². The molecule has 134 valence electrons. The van der Waals surface area contributed by atoms with Gasteiger partial charge in [-0.05, 0) is 0 Å². The zero-order chi connectivity index (χ0) is 18.1. The highest BCUT2D eigenvalue weighted by Gasteiger charge is 2.90. The van der Waals surface area contributed by atoms with E-state index in [9.17, 15) is 0 Å². The van der Waals surface area contributed by atoms with Crippen LogP contribution in [0, 0.1) is 21.7 Å². The van der Waals surface area contributed by atoms with Crippen molar-refractivity contribution in [3.63, 3.8) is 0 Å². The van der Waals surface area contributed by atoms with Crippen LogP contribution in [-0.2, 0) is 0 Å². The molecule has 0 bridgehead atoms. The Morgan fingerprint density at radius 3 is 0.913 bits per heavy atom. The summed E-state index contributed by atoms with van der Waals surface area (Å²) < 4.78 is -1.67. The summed E-state index contributed by atoms with van der Waals surface area (Å²) in [4.78, 5) is 0. The van der Waals surface area contributed by atoms with Crippen LogP contribution in [0.1, 0.15) is 55.4 Å². The van der Waals surface area contributed by atoms with E-state index in [1.807, 2.05) is 33.3 Å². The molecule has 1 aliphatic heterocycles. The summed E-state index contributed by atoms with van der Waals surface area (Å²) in [7, 11) is 3.86. The van der Waals surface area contributed by atoms with Crippen LogP contribution in [0.2, 0.25) is 0 Å². The minimum Gasteiger partial charge on any atom is -0.122 e. The first-order valence-corrected chi connectivity index (χ1v) is 12.2. The van der Waals surface area contributed by atoms with Crippen molar-refractivity contribution in [2.75, 3.05) is 0 Å². The predicted octanol–water partition coefficient (Wildman–Crippen LogP) is 7.99. The second-order valence-corrected chi connectivity index (χ2v) is 16.3. The minimum absolute atomic E-state index is 0.0764. The first-order chi connectivity index (χ1) is 9.91. The Balaban J connectivity index is 2.09. The third-order valence-electron chi connectivity index (χ3n) is 6.99. The average molecular weight is 454 g/mol. The number of hydrogen-bond acceptors (Lipinski definition) is 3. The largest absolute Gasteiger partial charge is 0.132 e. The quantitative estimate of drug-likeness (QED) is 0.269. The zero-order valence-electron chi connectivity index (χ0n) is 14.7. The predicted molar refractivity (Wildman–Crippen MR) is 112 cm³/mol. The van der Waals surface area contributed by atoms with Crippen molar-refractivity contribution in [2.45, 2.75) is 72.2 Å². The second-order valence-electron chi connectivity index (χ2n) is 9.15. The number of thioether (sulfide) groups is 1. The Hall–Kier alpha value is 2.21. The highest BCUT2D eigenvalue weighted by Crippen LogP contribution is 2.95. The topological polar surface area (TPSA) is 0 Å². The summed E-state index contributed by atoms with van der Waals surface area (Å²) in [5, 5.41) is 0. The molecule has 7 heteroatoms. The molecule has 1 heterocycles. The summed E-state index contributed by atoms with van der Waals surface area (Å²) in [6, 6.07) is 0. The van der Waals surface area contributed by atoms with Crippen LogP contribution in [0.3, 0.4) is 0 Å². The van der Waals surface area contributed by atoms with E-state index in [0.717, 1.165) is 0 Å². The van der Waals surface area contributed by atoms with Crippen LogP contribution in [0.4, 0.5) is 0 Å². The van der Waals surface area contributed by atoms with E-state index in [1.54, 1.807) is 0 Å². The summed E-state index contributed by atoms with van der Waals surface area (Å²) in [5.41, 5.74) is -0.883. The van der Waals surface area contributed by atoms with Gasteiger partial charge in [0, 0.05) is 21.7 Å². The molecule has 0 atom stereocenters. The first-order valence-electron chi connectivity index (χ1n) is 7.74. The molecule has 2 aliphatic carbocycles. The van der Waals surface area contributed by atoms with Crippen molar-refractivity contribution >= 4 is 79.8 Å². The fourth-order valence-electron chi connectivity index (χ4n) is 5.11. The van der Waals surface area contributed by atoms with Crippen LogP contribution in [-0.4, -0.2) is 16.8 Å². The Morgan fingerprint density at radius 1 is 0.478 bits per heavy atom. The Labute approximate surface area is 172 Å². The van der Waals surface area contributed by atoms with E-state index in [2.05, 4.69) is 55.4 Å².